The Balaban J connectivity index is 3.34. The molecule has 0 aliphatic rings. The molecule has 7 heavy (non-hydrogen) atoms. The highest BCUT2D eigenvalue weighted by Gasteiger charge is 1.96. The third-order valence-electron chi connectivity index (χ3n) is 0.536. The smallest absolute Gasteiger partial charge is 0.244 e. The van der Waals surface area contributed by atoms with Gasteiger partial charge < -0.3 is 5.73 Å². The van der Waals surface area contributed by atoms with Crippen molar-refractivity contribution in [1.29, 1.82) is 0 Å². The molecule has 3 N–H and O–H groups in total. The van der Waals surface area contributed by atoms with Crippen LogP contribution in [0.2, 0.25) is 0 Å². The highest BCUT2D eigenvalue weighted by molar-refractivity contribution is 5.71. The minimum Gasteiger partial charge on any atom is -0.312 e. The molecule has 0 aliphatic heterocycles. The molecule has 0 spiro atoms. The summed E-state index contributed by atoms with van der Waals surface area (Å²) in [5.41, 5.74) is 4.83. The fourth-order valence-electron chi connectivity index (χ4n) is 0.129. The maximum Gasteiger partial charge on any atom is 0.244 e. The molecule has 4 nitrogen and oxygen atoms in total. The van der Waals surface area contributed by atoms with E-state index in [0.29, 0.717) is 5.06 Å². The molecule has 0 aromatic heterocycles. The summed E-state index contributed by atoms with van der Waals surface area (Å²) < 4.78 is 0. The van der Waals surface area contributed by atoms with Gasteiger partial charge in [-0.2, -0.15) is 0 Å². The first kappa shape index (κ1) is 6.39. The predicted molar refractivity (Wildman–Crippen MR) is 23.4 cm³/mol. The van der Waals surface area contributed by atoms with Crippen LogP contribution in [0.4, 0.5) is 0 Å². The second-order valence-corrected chi connectivity index (χ2v) is 1.10. The molecule has 0 atom stereocenters. The molecule has 0 aromatic carbocycles. The van der Waals surface area contributed by atoms with Crippen LogP contribution in [0.1, 0.15) is 6.92 Å². The zero-order valence-electron chi connectivity index (χ0n) is 4.09. The normalized spacial score (nSPS) is 8.43. The molecular weight excluding hydrogens is 96.0 g/mol. The van der Waals surface area contributed by atoms with Crippen molar-refractivity contribution in [3.8, 4) is 0 Å². The molecule has 0 fully saturated rings. The molecule has 0 aliphatic carbocycles. The van der Waals surface area contributed by atoms with E-state index in [4.69, 9.17) is 10.9 Å². The molecule has 0 rings (SSSR count). The summed E-state index contributed by atoms with van der Waals surface area (Å²) >= 11 is 0. The first-order valence-corrected chi connectivity index (χ1v) is 1.85. The summed E-state index contributed by atoms with van der Waals surface area (Å²) in [6.45, 7) is 1.09. The minimum atomic E-state index is -0.442. The van der Waals surface area contributed by atoms with Crippen molar-refractivity contribution in [2.24, 2.45) is 5.73 Å². The van der Waals surface area contributed by atoms with E-state index in [1.165, 1.54) is 6.92 Å². The first-order chi connectivity index (χ1) is 3.18. The van der Waals surface area contributed by atoms with Crippen LogP contribution < -0.4 is 5.73 Å². The van der Waals surface area contributed by atoms with Crippen LogP contribution in [0.15, 0.2) is 0 Å². The summed E-state index contributed by atoms with van der Waals surface area (Å²) in [5, 5.41) is 8.72. The third-order valence-corrected chi connectivity index (χ3v) is 0.536. The van der Waals surface area contributed by atoms with E-state index in [-0.39, 0.29) is 6.67 Å². The maximum absolute atomic E-state index is 9.97. The fourth-order valence-corrected chi connectivity index (χ4v) is 0.129. The SMILES string of the molecule is CC(=O)N(O)CN. The summed E-state index contributed by atoms with van der Waals surface area (Å²) in [6.07, 6.45) is 0. The van der Waals surface area contributed by atoms with Crippen LogP contribution in [0.3, 0.4) is 0 Å². The predicted octanol–water partition coefficient (Wildman–Crippen LogP) is -0.860. The molecule has 0 bridgehead atoms. The van der Waals surface area contributed by atoms with Crippen LogP contribution in [0, 0.1) is 0 Å². The lowest BCUT2D eigenvalue weighted by atomic mass is 10.7. The molecule has 0 radical (unpaired) electrons. The van der Waals surface area contributed by atoms with Gasteiger partial charge >= 0.3 is 0 Å². The van der Waals surface area contributed by atoms with Gasteiger partial charge in [0.1, 0.15) is 0 Å². The fraction of sp³-hybridized carbons (Fsp3) is 0.667. The summed E-state index contributed by atoms with van der Waals surface area (Å²) in [5.74, 6) is -0.442. The van der Waals surface area contributed by atoms with Gasteiger partial charge in [-0.3, -0.25) is 10.0 Å². The van der Waals surface area contributed by atoms with E-state index in [1.807, 2.05) is 0 Å². The van der Waals surface area contributed by atoms with Crippen molar-refractivity contribution in [2.45, 2.75) is 6.92 Å². The van der Waals surface area contributed by atoms with Gasteiger partial charge in [-0.1, -0.05) is 0 Å². The van der Waals surface area contributed by atoms with Gasteiger partial charge in [-0.15, -0.1) is 0 Å². The van der Waals surface area contributed by atoms with E-state index < -0.39 is 5.91 Å². The number of nitrogens with zero attached hydrogens (tertiary/aromatic N) is 1. The monoisotopic (exact) mass is 104 g/mol. The third kappa shape index (κ3) is 2.13. The molecule has 0 aromatic rings. The lowest BCUT2D eigenvalue weighted by Crippen LogP contribution is -2.30. The Labute approximate surface area is 41.5 Å². The number of nitrogens with two attached hydrogens (primary N) is 1. The van der Waals surface area contributed by atoms with Crippen molar-refractivity contribution in [3.63, 3.8) is 0 Å². The second-order valence-electron chi connectivity index (χ2n) is 1.10. The molecule has 4 heteroatoms. The van der Waals surface area contributed by atoms with Gasteiger partial charge in [0.05, 0.1) is 6.67 Å². The molecular formula is C3H8N2O2. The molecule has 0 heterocycles. The number of hydrogen-bond donors (Lipinski definition) is 2. The van der Waals surface area contributed by atoms with Crippen molar-refractivity contribution in [2.75, 3.05) is 6.67 Å². The van der Waals surface area contributed by atoms with E-state index >= 15 is 0 Å². The minimum absolute atomic E-state index is 0.144. The van der Waals surface area contributed by atoms with Crippen molar-refractivity contribution < 1.29 is 10.0 Å². The Bertz CT molecular complexity index is 73.3. The lowest BCUT2D eigenvalue weighted by molar-refractivity contribution is -0.162. The Morgan fingerprint density at radius 1 is 2.00 bits per heavy atom. The number of hydroxylamine groups is 2. The number of hydrogen-bond acceptors (Lipinski definition) is 3. The maximum atomic E-state index is 9.97. The van der Waals surface area contributed by atoms with Gasteiger partial charge in [-0.25, -0.2) is 5.06 Å². The van der Waals surface area contributed by atoms with Gasteiger partial charge in [0.2, 0.25) is 5.91 Å². The zero-order valence-corrected chi connectivity index (χ0v) is 4.09. The van der Waals surface area contributed by atoms with E-state index in [2.05, 4.69) is 0 Å². The van der Waals surface area contributed by atoms with E-state index in [9.17, 15) is 4.79 Å². The quantitative estimate of drug-likeness (QED) is 0.258. The van der Waals surface area contributed by atoms with Gasteiger partial charge in [0.15, 0.2) is 0 Å². The second kappa shape index (κ2) is 2.54. The number of amides is 1. The Morgan fingerprint density at radius 2 is 2.43 bits per heavy atom. The van der Waals surface area contributed by atoms with Crippen LogP contribution in [0.5, 0.6) is 0 Å². The molecule has 42 valence electrons. The van der Waals surface area contributed by atoms with Gasteiger partial charge in [0.25, 0.3) is 0 Å². The van der Waals surface area contributed by atoms with Gasteiger partial charge in [-0.05, 0) is 0 Å². The largest absolute Gasteiger partial charge is 0.312 e. The van der Waals surface area contributed by atoms with Crippen LogP contribution in [-0.4, -0.2) is 22.8 Å². The van der Waals surface area contributed by atoms with E-state index in [1.54, 1.807) is 0 Å². The first-order valence-electron chi connectivity index (χ1n) is 1.85. The molecule has 0 unspecified atom stereocenters. The number of carbonyl (C=O) groups excluding carboxylic acids is 1. The van der Waals surface area contributed by atoms with Crippen LogP contribution >= 0.6 is 0 Å². The Morgan fingerprint density at radius 3 is 2.43 bits per heavy atom. The lowest BCUT2D eigenvalue weighted by Gasteiger charge is -2.06. The van der Waals surface area contributed by atoms with Crippen LogP contribution in [0.25, 0.3) is 0 Å². The summed E-state index contributed by atoms with van der Waals surface area (Å²) in [7, 11) is 0. The van der Waals surface area contributed by atoms with Crippen molar-refractivity contribution >= 4 is 5.91 Å². The highest BCUT2D eigenvalue weighted by atomic mass is 16.5. The standard InChI is InChI=1S/C3H8N2O2/c1-3(6)5(7)2-4/h7H,2,4H2,1H3. The topological polar surface area (TPSA) is 66.6 Å². The van der Waals surface area contributed by atoms with E-state index in [0.717, 1.165) is 0 Å². The number of carbonyl (C=O) groups is 1. The van der Waals surface area contributed by atoms with Gasteiger partial charge in [0, 0.05) is 6.92 Å². The Hall–Kier alpha value is -0.610. The van der Waals surface area contributed by atoms with Crippen molar-refractivity contribution in [3.05, 3.63) is 0 Å². The Kier molecular flexibility index (Phi) is 2.32. The molecule has 0 saturated heterocycles. The molecule has 0 saturated carbocycles. The molecule has 1 amide bonds. The average molecular weight is 104 g/mol. The average Bonchev–Trinajstić information content (AvgIpc) is 1.65. The summed E-state index contributed by atoms with van der Waals surface area (Å²) in [4.78, 5) is 9.97. The van der Waals surface area contributed by atoms with Crippen molar-refractivity contribution in [1.82, 2.24) is 5.06 Å². The van der Waals surface area contributed by atoms with Crippen LogP contribution in [-0.2, 0) is 4.79 Å². The number of rotatable bonds is 1. The highest BCUT2D eigenvalue weighted by Crippen LogP contribution is 1.73. The zero-order chi connectivity index (χ0) is 5.86. The summed E-state index contributed by atoms with van der Waals surface area (Å²) in [6, 6.07) is 0.